The molecule has 10 saturated carbocycles. The van der Waals surface area contributed by atoms with Crippen molar-refractivity contribution in [1.29, 1.82) is 0 Å². The van der Waals surface area contributed by atoms with Crippen LogP contribution in [0.3, 0.4) is 0 Å². The lowest BCUT2D eigenvalue weighted by molar-refractivity contribution is -0.113. The summed E-state index contributed by atoms with van der Waals surface area (Å²) in [6, 6.07) is 0. The molecule has 0 bridgehead atoms. The predicted octanol–water partition coefficient (Wildman–Crippen LogP) is 20.8. The molecule has 0 N–H and O–H groups in total. The molecule has 10 rings (SSSR count). The van der Waals surface area contributed by atoms with Crippen LogP contribution in [0.2, 0.25) is 0 Å². The molecule has 416 valence electrons. The van der Waals surface area contributed by atoms with E-state index in [-0.39, 0.29) is 0 Å². The number of unbranched alkanes of at least 4 members (excludes halogenated alkanes) is 1. The number of hydrogen-bond donors (Lipinski definition) is 0. The molecule has 2 heteroatoms. The zero-order valence-corrected chi connectivity index (χ0v) is 49.1. The third-order valence-electron chi connectivity index (χ3n) is 25.4. The molecule has 10 fully saturated rings. The van der Waals surface area contributed by atoms with Gasteiger partial charge in [-0.15, -0.1) is 0 Å². The summed E-state index contributed by atoms with van der Waals surface area (Å²) in [5.41, 5.74) is 4.05. The highest BCUT2D eigenvalue weighted by atomic mass is 16.5. The fourth-order valence-corrected chi connectivity index (χ4v) is 21.3. The molecule has 0 saturated heterocycles. The Hall–Kier alpha value is -0.600. The fourth-order valence-electron chi connectivity index (χ4n) is 21.3. The lowest BCUT2D eigenvalue weighted by Crippen LogP contribution is -2.53. The lowest BCUT2D eigenvalue weighted by atomic mass is 9.45. The van der Waals surface area contributed by atoms with Crippen LogP contribution in [-0.2, 0) is 9.47 Å². The summed E-state index contributed by atoms with van der Waals surface area (Å²) < 4.78 is 13.2. The first kappa shape index (κ1) is 55.7. The average molecular weight is 1010 g/mol. The van der Waals surface area contributed by atoms with Gasteiger partial charge in [-0.25, -0.2) is 0 Å². The number of rotatable bonds is 17. The van der Waals surface area contributed by atoms with Gasteiger partial charge in [0, 0.05) is 13.7 Å². The standard InChI is InChI=1S/C71H120O2/c1-6-8-19-51(7-2)48-73-69-44-50(4)68(72-5)47-67(69)58-34-32-53(33-35-58)46-66(55-22-13-10-14-23-55)57-38-42-60(43-39-57)71-63-26-17-15-24-61(63)70(62-25-16-18-27-64(62)71)59-40-36-56(37-41-59)65(54-20-11-9-12-21-54)45-52-30-28-49(3)29-31-52/h45-46,49-64,67-71H,6-44,47-48H2,1-5H3/b65-45+,66-46+. The molecule has 0 heterocycles. The Kier molecular flexibility index (Phi) is 21.0. The van der Waals surface area contributed by atoms with Gasteiger partial charge in [0.1, 0.15) is 0 Å². The zero-order chi connectivity index (χ0) is 50.1. The molecule has 2 nitrogen and oxygen atoms in total. The van der Waals surface area contributed by atoms with Crippen molar-refractivity contribution >= 4 is 0 Å². The van der Waals surface area contributed by atoms with Crippen molar-refractivity contribution in [3.05, 3.63) is 23.3 Å². The molecule has 9 atom stereocenters. The van der Waals surface area contributed by atoms with E-state index in [9.17, 15) is 0 Å². The molecule has 9 unspecified atom stereocenters. The zero-order valence-electron chi connectivity index (χ0n) is 49.1. The first-order valence-corrected chi connectivity index (χ1v) is 34.5. The van der Waals surface area contributed by atoms with Crippen LogP contribution in [0.15, 0.2) is 23.3 Å². The third-order valence-corrected chi connectivity index (χ3v) is 25.4. The van der Waals surface area contributed by atoms with E-state index >= 15 is 0 Å². The monoisotopic (exact) mass is 1000 g/mol. The normalized spacial score (nSPS) is 43.5. The molecule has 0 aromatic rings. The molecule has 0 aromatic heterocycles. The Morgan fingerprint density at radius 1 is 0.438 bits per heavy atom. The Balaban J connectivity index is 0.787. The SMILES string of the molecule is CCCCC(CC)COC1CC(C)C(OC)CC1C1CCC(/C=C(\C2CCCCC2)C2CCC(C3C4CCCCC4C(C4CCC(/C(=C/C5CCC(C)CC5)C5CCCCC5)CC4)C4CCCCC43)CC2)CC1. The van der Waals surface area contributed by atoms with Crippen LogP contribution in [-0.4, -0.2) is 25.9 Å². The number of allylic oxidation sites excluding steroid dienone is 4. The Morgan fingerprint density at radius 3 is 1.30 bits per heavy atom. The van der Waals surface area contributed by atoms with E-state index in [1.807, 2.05) is 18.3 Å². The van der Waals surface area contributed by atoms with Gasteiger partial charge in [-0.05, 0) is 273 Å². The van der Waals surface area contributed by atoms with Crippen LogP contribution in [0, 0.1) is 112 Å². The first-order chi connectivity index (χ1) is 35.9. The molecule has 10 aliphatic rings. The minimum absolute atomic E-state index is 0.410. The largest absolute Gasteiger partial charge is 0.381 e. The van der Waals surface area contributed by atoms with E-state index in [2.05, 4.69) is 39.8 Å². The van der Waals surface area contributed by atoms with Gasteiger partial charge in [-0.2, -0.15) is 0 Å². The minimum Gasteiger partial charge on any atom is -0.381 e. The summed E-state index contributed by atoms with van der Waals surface area (Å²) in [4.78, 5) is 0. The Bertz CT molecular complexity index is 1620. The maximum Gasteiger partial charge on any atom is 0.0610 e. The van der Waals surface area contributed by atoms with Crippen molar-refractivity contribution in [3.63, 3.8) is 0 Å². The molecule has 0 amide bonds. The van der Waals surface area contributed by atoms with Crippen LogP contribution < -0.4 is 0 Å². The van der Waals surface area contributed by atoms with Crippen molar-refractivity contribution in [2.45, 2.75) is 297 Å². The molecule has 0 aliphatic heterocycles. The van der Waals surface area contributed by atoms with Crippen LogP contribution in [0.4, 0.5) is 0 Å². The van der Waals surface area contributed by atoms with E-state index in [0.29, 0.717) is 24.0 Å². The molecule has 0 spiro atoms. The van der Waals surface area contributed by atoms with Crippen LogP contribution in [0.1, 0.15) is 285 Å². The molecule has 0 radical (unpaired) electrons. The maximum absolute atomic E-state index is 7.04. The summed E-state index contributed by atoms with van der Waals surface area (Å²) in [6.45, 7) is 10.7. The quantitative estimate of drug-likeness (QED) is 0.135. The molecule has 0 aromatic carbocycles. The van der Waals surface area contributed by atoms with Gasteiger partial charge in [0.25, 0.3) is 0 Å². The summed E-state index contributed by atoms with van der Waals surface area (Å²) >= 11 is 0. The second kappa shape index (κ2) is 27.5. The smallest absolute Gasteiger partial charge is 0.0610 e. The summed E-state index contributed by atoms with van der Waals surface area (Å²) in [5, 5.41) is 0. The summed E-state index contributed by atoms with van der Waals surface area (Å²) in [5.74, 6) is 17.7. The van der Waals surface area contributed by atoms with Gasteiger partial charge >= 0.3 is 0 Å². The van der Waals surface area contributed by atoms with Crippen molar-refractivity contribution < 1.29 is 9.47 Å². The molecular weight excluding hydrogens is 885 g/mol. The maximum atomic E-state index is 7.04. The van der Waals surface area contributed by atoms with E-state index in [4.69, 9.17) is 9.47 Å². The Morgan fingerprint density at radius 2 is 0.863 bits per heavy atom. The van der Waals surface area contributed by atoms with Crippen LogP contribution in [0.5, 0.6) is 0 Å². The van der Waals surface area contributed by atoms with E-state index < -0.39 is 0 Å². The second-order valence-electron chi connectivity index (χ2n) is 29.5. The Labute approximate surface area is 453 Å². The van der Waals surface area contributed by atoms with Gasteiger partial charge in [-0.3, -0.25) is 0 Å². The molecular formula is C71H120O2. The molecule has 10 aliphatic carbocycles. The van der Waals surface area contributed by atoms with Crippen molar-refractivity contribution in [3.8, 4) is 0 Å². The van der Waals surface area contributed by atoms with Gasteiger partial charge in [-0.1, -0.05) is 147 Å². The fraction of sp³-hybridized carbons (Fsp3) is 0.944. The highest BCUT2D eigenvalue weighted by Crippen LogP contribution is 2.63. The van der Waals surface area contributed by atoms with Crippen molar-refractivity contribution in [2.75, 3.05) is 13.7 Å². The van der Waals surface area contributed by atoms with Crippen molar-refractivity contribution in [1.82, 2.24) is 0 Å². The number of hydrogen-bond acceptors (Lipinski definition) is 2. The van der Waals surface area contributed by atoms with Gasteiger partial charge in [0.2, 0.25) is 0 Å². The number of ether oxygens (including phenoxy) is 2. The summed E-state index contributed by atoms with van der Waals surface area (Å²) in [6.07, 6.45) is 66.2. The lowest BCUT2D eigenvalue weighted by Gasteiger charge is -2.60. The van der Waals surface area contributed by atoms with Gasteiger partial charge in [0.15, 0.2) is 0 Å². The highest BCUT2D eigenvalue weighted by Gasteiger charge is 2.55. The van der Waals surface area contributed by atoms with Gasteiger partial charge < -0.3 is 9.47 Å². The van der Waals surface area contributed by atoms with E-state index in [1.165, 1.54) is 167 Å². The van der Waals surface area contributed by atoms with E-state index in [0.717, 1.165) is 107 Å². The third kappa shape index (κ3) is 13.7. The first-order valence-electron chi connectivity index (χ1n) is 34.5. The van der Waals surface area contributed by atoms with Gasteiger partial charge in [0.05, 0.1) is 12.2 Å². The predicted molar refractivity (Wildman–Crippen MR) is 310 cm³/mol. The second-order valence-corrected chi connectivity index (χ2v) is 29.5. The van der Waals surface area contributed by atoms with Crippen molar-refractivity contribution in [2.24, 2.45) is 112 Å². The number of fused-ring (bicyclic) bond motifs is 2. The number of methoxy groups -OCH3 is 1. The topological polar surface area (TPSA) is 18.5 Å². The van der Waals surface area contributed by atoms with Crippen LogP contribution in [0.25, 0.3) is 0 Å². The average Bonchev–Trinajstić information content (AvgIpc) is 3.44. The minimum atomic E-state index is 0.410. The summed E-state index contributed by atoms with van der Waals surface area (Å²) in [7, 11) is 1.98. The van der Waals surface area contributed by atoms with Crippen LogP contribution >= 0.6 is 0 Å². The molecule has 73 heavy (non-hydrogen) atoms. The highest BCUT2D eigenvalue weighted by molar-refractivity contribution is 5.18. The van der Waals surface area contributed by atoms with E-state index in [1.54, 1.807) is 89.9 Å².